The highest BCUT2D eigenvalue weighted by Gasteiger charge is 2.24. The van der Waals surface area contributed by atoms with Gasteiger partial charge in [-0.15, -0.1) is 0 Å². The minimum absolute atomic E-state index is 0.0396. The summed E-state index contributed by atoms with van der Waals surface area (Å²) >= 11 is 0. The van der Waals surface area contributed by atoms with Crippen LogP contribution in [0.5, 0.6) is 0 Å². The van der Waals surface area contributed by atoms with Crippen LogP contribution in [0.4, 0.5) is 5.82 Å². The summed E-state index contributed by atoms with van der Waals surface area (Å²) in [5.41, 5.74) is 6.11. The van der Waals surface area contributed by atoms with Crippen molar-refractivity contribution in [3.05, 3.63) is 23.9 Å². The summed E-state index contributed by atoms with van der Waals surface area (Å²) in [4.78, 5) is 6.95. The van der Waals surface area contributed by atoms with Crippen LogP contribution in [0.3, 0.4) is 0 Å². The van der Waals surface area contributed by atoms with Gasteiger partial charge in [0.15, 0.2) is 0 Å². The number of pyridine rings is 1. The van der Waals surface area contributed by atoms with Gasteiger partial charge >= 0.3 is 0 Å². The van der Waals surface area contributed by atoms with Crippen LogP contribution in [0.25, 0.3) is 0 Å². The Labute approximate surface area is 115 Å². The van der Waals surface area contributed by atoms with Crippen molar-refractivity contribution in [1.29, 1.82) is 5.41 Å². The van der Waals surface area contributed by atoms with E-state index in [1.807, 2.05) is 12.1 Å². The predicted octanol–water partition coefficient (Wildman–Crippen LogP) is 2.77. The first-order chi connectivity index (χ1) is 9.08. The van der Waals surface area contributed by atoms with Gasteiger partial charge in [0.2, 0.25) is 0 Å². The molecule has 1 aliphatic carbocycles. The summed E-state index contributed by atoms with van der Waals surface area (Å²) in [5, 5.41) is 7.52. The monoisotopic (exact) mass is 260 g/mol. The van der Waals surface area contributed by atoms with Crippen LogP contribution in [0.15, 0.2) is 18.2 Å². The van der Waals surface area contributed by atoms with Crippen molar-refractivity contribution in [2.75, 3.05) is 11.4 Å². The number of hydrogen-bond donors (Lipinski definition) is 2. The van der Waals surface area contributed by atoms with Crippen LogP contribution < -0.4 is 10.6 Å². The molecule has 0 radical (unpaired) electrons. The topological polar surface area (TPSA) is 66.0 Å². The zero-order chi connectivity index (χ0) is 13.8. The van der Waals surface area contributed by atoms with Crippen molar-refractivity contribution < 1.29 is 0 Å². The Morgan fingerprint density at radius 1 is 1.42 bits per heavy atom. The number of nitrogens with one attached hydrogen (secondary N) is 1. The Kier molecular flexibility index (Phi) is 4.40. The van der Waals surface area contributed by atoms with Crippen LogP contribution in [0.1, 0.15) is 45.2 Å². The second-order valence-electron chi connectivity index (χ2n) is 5.78. The fraction of sp³-hybridized carbons (Fsp3) is 0.600. The summed E-state index contributed by atoms with van der Waals surface area (Å²) in [6.07, 6.45) is 5.12. The van der Waals surface area contributed by atoms with Crippen LogP contribution >= 0.6 is 0 Å². The van der Waals surface area contributed by atoms with Gasteiger partial charge in [0, 0.05) is 12.6 Å². The smallest absolute Gasteiger partial charge is 0.141 e. The van der Waals surface area contributed by atoms with Gasteiger partial charge < -0.3 is 10.6 Å². The molecule has 104 valence electrons. The molecule has 1 aliphatic rings. The quantitative estimate of drug-likeness (QED) is 0.632. The summed E-state index contributed by atoms with van der Waals surface area (Å²) in [6, 6.07) is 6.37. The van der Waals surface area contributed by atoms with E-state index in [1.165, 1.54) is 25.7 Å². The van der Waals surface area contributed by atoms with Crippen LogP contribution in [0.2, 0.25) is 0 Å². The first-order valence-corrected chi connectivity index (χ1v) is 7.16. The normalized spacial score (nSPS) is 15.9. The highest BCUT2D eigenvalue weighted by atomic mass is 15.2. The minimum Gasteiger partial charge on any atom is -0.382 e. The molecule has 19 heavy (non-hydrogen) atoms. The summed E-state index contributed by atoms with van der Waals surface area (Å²) in [5.74, 6) is 1.61. The largest absolute Gasteiger partial charge is 0.382 e. The highest BCUT2D eigenvalue weighted by molar-refractivity contribution is 5.93. The summed E-state index contributed by atoms with van der Waals surface area (Å²) in [6.45, 7) is 5.48. The van der Waals surface area contributed by atoms with Gasteiger partial charge in [0.05, 0.1) is 0 Å². The Bertz CT molecular complexity index is 436. The third kappa shape index (κ3) is 3.46. The summed E-state index contributed by atoms with van der Waals surface area (Å²) in [7, 11) is 0. The van der Waals surface area contributed by atoms with Crippen molar-refractivity contribution in [2.45, 2.75) is 45.6 Å². The maximum absolute atomic E-state index is 7.52. The maximum atomic E-state index is 7.52. The number of nitrogen functional groups attached to an aromatic ring is 1. The van der Waals surface area contributed by atoms with Crippen LogP contribution in [-0.2, 0) is 0 Å². The van der Waals surface area contributed by atoms with Crippen LogP contribution in [-0.4, -0.2) is 23.4 Å². The lowest BCUT2D eigenvalue weighted by molar-refractivity contribution is 0.531. The molecule has 1 fully saturated rings. The summed E-state index contributed by atoms with van der Waals surface area (Å²) < 4.78 is 0. The molecular formula is C15H24N4. The van der Waals surface area contributed by atoms with Gasteiger partial charge in [-0.05, 0) is 30.9 Å². The molecule has 2 rings (SSSR count). The molecule has 1 aromatic heterocycles. The van der Waals surface area contributed by atoms with E-state index in [4.69, 9.17) is 11.1 Å². The van der Waals surface area contributed by atoms with Gasteiger partial charge in [-0.3, -0.25) is 5.41 Å². The number of nitrogens with two attached hydrogens (primary N) is 1. The number of hydrogen-bond acceptors (Lipinski definition) is 3. The molecular weight excluding hydrogens is 236 g/mol. The van der Waals surface area contributed by atoms with E-state index in [0.717, 1.165) is 12.4 Å². The van der Waals surface area contributed by atoms with E-state index in [0.29, 0.717) is 17.7 Å². The first-order valence-electron chi connectivity index (χ1n) is 7.16. The number of nitrogens with zero attached hydrogens (tertiary/aromatic N) is 2. The lowest BCUT2D eigenvalue weighted by Gasteiger charge is -2.32. The zero-order valence-corrected chi connectivity index (χ0v) is 11.9. The molecule has 0 aliphatic heterocycles. The SMILES string of the molecule is CC(C)CN(c1cccc(C(=N)N)n1)C1CCCC1. The zero-order valence-electron chi connectivity index (χ0n) is 11.9. The number of rotatable bonds is 5. The molecule has 0 spiro atoms. The third-order valence-electron chi connectivity index (χ3n) is 3.63. The molecule has 1 aromatic rings. The number of anilines is 1. The average molecular weight is 260 g/mol. The average Bonchev–Trinajstić information content (AvgIpc) is 2.89. The number of aromatic nitrogens is 1. The van der Waals surface area contributed by atoms with E-state index in [2.05, 4.69) is 23.7 Å². The molecule has 1 heterocycles. The molecule has 4 heteroatoms. The van der Waals surface area contributed by atoms with Gasteiger partial charge in [-0.25, -0.2) is 4.98 Å². The van der Waals surface area contributed by atoms with E-state index in [9.17, 15) is 0 Å². The second-order valence-corrected chi connectivity index (χ2v) is 5.78. The fourth-order valence-corrected chi connectivity index (χ4v) is 2.77. The Hall–Kier alpha value is -1.58. The van der Waals surface area contributed by atoms with Gasteiger partial charge in [0.25, 0.3) is 0 Å². The highest BCUT2D eigenvalue weighted by Crippen LogP contribution is 2.28. The number of amidine groups is 1. The molecule has 0 saturated heterocycles. The second kappa shape index (κ2) is 6.04. The van der Waals surface area contributed by atoms with Crippen molar-refractivity contribution >= 4 is 11.7 Å². The van der Waals surface area contributed by atoms with Gasteiger partial charge in [-0.2, -0.15) is 0 Å². The van der Waals surface area contributed by atoms with E-state index in [-0.39, 0.29) is 5.84 Å². The molecule has 0 unspecified atom stereocenters. The molecule has 0 amide bonds. The minimum atomic E-state index is 0.0396. The molecule has 3 N–H and O–H groups in total. The van der Waals surface area contributed by atoms with Crippen molar-refractivity contribution in [3.63, 3.8) is 0 Å². The molecule has 4 nitrogen and oxygen atoms in total. The maximum Gasteiger partial charge on any atom is 0.141 e. The Balaban J connectivity index is 2.25. The van der Waals surface area contributed by atoms with E-state index < -0.39 is 0 Å². The molecule has 0 atom stereocenters. The van der Waals surface area contributed by atoms with E-state index >= 15 is 0 Å². The van der Waals surface area contributed by atoms with Crippen molar-refractivity contribution in [1.82, 2.24) is 4.98 Å². The molecule has 0 aromatic carbocycles. The van der Waals surface area contributed by atoms with Crippen molar-refractivity contribution in [3.8, 4) is 0 Å². The Morgan fingerprint density at radius 2 is 2.11 bits per heavy atom. The van der Waals surface area contributed by atoms with Gasteiger partial charge in [-0.1, -0.05) is 32.8 Å². The lowest BCUT2D eigenvalue weighted by Crippen LogP contribution is -2.37. The van der Waals surface area contributed by atoms with Gasteiger partial charge in [0.1, 0.15) is 17.3 Å². The lowest BCUT2D eigenvalue weighted by atomic mass is 10.1. The predicted molar refractivity (Wildman–Crippen MR) is 79.7 cm³/mol. The standard InChI is InChI=1S/C15H24N4/c1-11(2)10-19(12-6-3-4-7-12)14-9-5-8-13(18-14)15(16)17/h5,8-9,11-12H,3-4,6-7,10H2,1-2H3,(H3,16,17). The molecule has 1 saturated carbocycles. The Morgan fingerprint density at radius 3 is 2.68 bits per heavy atom. The fourth-order valence-electron chi connectivity index (χ4n) is 2.77. The van der Waals surface area contributed by atoms with E-state index in [1.54, 1.807) is 6.07 Å². The first kappa shape index (κ1) is 13.8. The third-order valence-corrected chi connectivity index (χ3v) is 3.63. The van der Waals surface area contributed by atoms with Crippen LogP contribution in [0, 0.1) is 11.3 Å². The molecule has 0 bridgehead atoms. The van der Waals surface area contributed by atoms with Crippen molar-refractivity contribution in [2.24, 2.45) is 11.7 Å².